The lowest BCUT2D eigenvalue weighted by molar-refractivity contribution is -0.384. The molecule has 0 fully saturated rings. The van der Waals surface area contributed by atoms with Crippen LogP contribution < -0.4 is 14.8 Å². The molecule has 0 aliphatic heterocycles. The summed E-state index contributed by atoms with van der Waals surface area (Å²) in [6.45, 7) is 4.86. The van der Waals surface area contributed by atoms with Crippen LogP contribution in [0.3, 0.4) is 0 Å². The average Bonchev–Trinajstić information content (AvgIpc) is 3.56. The van der Waals surface area contributed by atoms with E-state index in [0.29, 0.717) is 48.0 Å². The summed E-state index contributed by atoms with van der Waals surface area (Å²) < 4.78 is 16.8. The highest BCUT2D eigenvalue weighted by Gasteiger charge is 2.22. The van der Waals surface area contributed by atoms with Crippen molar-refractivity contribution in [3.63, 3.8) is 0 Å². The Morgan fingerprint density at radius 1 is 1.00 bits per heavy atom. The number of ether oxygens (including phenoxy) is 3. The van der Waals surface area contributed by atoms with Gasteiger partial charge in [-0.25, -0.2) is 9.78 Å². The van der Waals surface area contributed by atoms with Gasteiger partial charge in [-0.2, -0.15) is 0 Å². The van der Waals surface area contributed by atoms with Crippen molar-refractivity contribution in [2.45, 2.75) is 64.8 Å². The lowest BCUT2D eigenvalue weighted by atomic mass is 9.99. The van der Waals surface area contributed by atoms with E-state index in [4.69, 9.17) is 14.2 Å². The summed E-state index contributed by atoms with van der Waals surface area (Å²) in [6, 6.07) is 18.6. The van der Waals surface area contributed by atoms with Gasteiger partial charge in [-0.3, -0.25) is 14.9 Å². The largest absolute Gasteiger partial charge is 0.497 e. The number of methoxy groups -OCH3 is 1. The van der Waals surface area contributed by atoms with Gasteiger partial charge in [0.05, 0.1) is 43.2 Å². The normalized spacial score (nSPS) is 11.5. The van der Waals surface area contributed by atoms with Crippen LogP contribution in [0, 0.1) is 10.1 Å². The second-order valence-electron chi connectivity index (χ2n) is 11.2. The Labute approximate surface area is 274 Å². The van der Waals surface area contributed by atoms with Gasteiger partial charge in [0.25, 0.3) is 5.69 Å². The number of H-pyrrole nitrogens is 1. The number of unbranched alkanes of at least 4 members (excludes halogenated alkanes) is 2. The first kappa shape index (κ1) is 34.7. The van der Waals surface area contributed by atoms with Crippen LogP contribution in [0.2, 0.25) is 0 Å². The summed E-state index contributed by atoms with van der Waals surface area (Å²) in [4.78, 5) is 45.0. The van der Waals surface area contributed by atoms with E-state index in [1.807, 2.05) is 37.3 Å². The quantitative estimate of drug-likeness (QED) is 0.0503. The molecule has 1 atom stereocenters. The third kappa shape index (κ3) is 10.2. The van der Waals surface area contributed by atoms with Gasteiger partial charge in [-0.05, 0) is 66.8 Å². The van der Waals surface area contributed by atoms with Crippen LogP contribution in [0.25, 0.3) is 11.3 Å². The summed E-state index contributed by atoms with van der Waals surface area (Å²) in [5.74, 6) is 1.10. The minimum absolute atomic E-state index is 0.00337. The molecule has 47 heavy (non-hydrogen) atoms. The SMILES string of the molecule is CCCCOC(=O)c1cc(C(Cc2ncc(-c3ccc([N+](=O)[O-])cc3)[nH]2)NC(=O)CCc2cccc(OC)c2)ccc1OCCCC. The van der Waals surface area contributed by atoms with E-state index in [0.717, 1.165) is 42.6 Å². The number of nitrogens with zero attached hydrogens (tertiary/aromatic N) is 2. The highest BCUT2D eigenvalue weighted by atomic mass is 16.6. The van der Waals surface area contributed by atoms with Crippen LogP contribution in [0.1, 0.15) is 79.3 Å². The molecule has 4 aromatic rings. The number of hydrogen-bond acceptors (Lipinski definition) is 8. The Bertz CT molecular complexity index is 1630. The number of benzene rings is 3. The van der Waals surface area contributed by atoms with Crippen molar-refractivity contribution >= 4 is 17.6 Å². The van der Waals surface area contributed by atoms with Crippen LogP contribution >= 0.6 is 0 Å². The molecular formula is C36H42N4O7. The molecule has 0 saturated heterocycles. The number of carbonyl (C=O) groups is 2. The van der Waals surface area contributed by atoms with Crippen LogP contribution in [-0.4, -0.2) is 47.1 Å². The van der Waals surface area contributed by atoms with E-state index < -0.39 is 16.9 Å². The van der Waals surface area contributed by atoms with Crippen molar-refractivity contribution in [2.24, 2.45) is 0 Å². The fourth-order valence-corrected chi connectivity index (χ4v) is 4.94. The monoisotopic (exact) mass is 642 g/mol. The number of imidazole rings is 1. The number of nitro benzene ring substituents is 1. The van der Waals surface area contributed by atoms with Gasteiger partial charge < -0.3 is 24.5 Å². The number of aromatic nitrogens is 2. The predicted molar refractivity (Wildman–Crippen MR) is 179 cm³/mol. The number of aromatic amines is 1. The molecule has 0 spiro atoms. The zero-order valence-corrected chi connectivity index (χ0v) is 27.1. The number of amides is 1. The van der Waals surface area contributed by atoms with Gasteiger partial charge in [0.2, 0.25) is 5.91 Å². The molecule has 2 N–H and O–H groups in total. The lowest BCUT2D eigenvalue weighted by Gasteiger charge is -2.21. The third-order valence-corrected chi connectivity index (χ3v) is 7.64. The molecule has 1 amide bonds. The molecule has 1 unspecified atom stereocenters. The van der Waals surface area contributed by atoms with Gasteiger partial charge in [-0.1, -0.05) is 44.9 Å². The van der Waals surface area contributed by atoms with Crippen LogP contribution in [0.15, 0.2) is 72.9 Å². The van der Waals surface area contributed by atoms with E-state index in [2.05, 4.69) is 22.2 Å². The zero-order valence-electron chi connectivity index (χ0n) is 27.1. The number of aryl methyl sites for hydroxylation is 1. The van der Waals surface area contributed by atoms with E-state index in [1.165, 1.54) is 12.1 Å². The minimum Gasteiger partial charge on any atom is -0.497 e. The third-order valence-electron chi connectivity index (χ3n) is 7.64. The predicted octanol–water partition coefficient (Wildman–Crippen LogP) is 7.16. The molecule has 4 rings (SSSR count). The average molecular weight is 643 g/mol. The van der Waals surface area contributed by atoms with Gasteiger partial charge in [0.1, 0.15) is 22.9 Å². The van der Waals surface area contributed by atoms with Crippen molar-refractivity contribution in [2.75, 3.05) is 20.3 Å². The van der Waals surface area contributed by atoms with Gasteiger partial charge in [-0.15, -0.1) is 0 Å². The Morgan fingerprint density at radius 2 is 1.77 bits per heavy atom. The Kier molecular flexibility index (Phi) is 12.9. The molecule has 0 radical (unpaired) electrons. The van der Waals surface area contributed by atoms with E-state index in [9.17, 15) is 19.7 Å². The first-order chi connectivity index (χ1) is 22.8. The molecule has 11 nitrogen and oxygen atoms in total. The Hall–Kier alpha value is -5.19. The summed E-state index contributed by atoms with van der Waals surface area (Å²) in [5.41, 5.74) is 3.38. The van der Waals surface area contributed by atoms with Gasteiger partial charge in [0.15, 0.2) is 0 Å². The zero-order chi connectivity index (χ0) is 33.6. The second kappa shape index (κ2) is 17.5. The van der Waals surface area contributed by atoms with Crippen molar-refractivity contribution in [1.82, 2.24) is 15.3 Å². The molecule has 0 saturated carbocycles. The van der Waals surface area contributed by atoms with E-state index in [-0.39, 0.29) is 24.4 Å². The maximum Gasteiger partial charge on any atom is 0.341 e. The summed E-state index contributed by atoms with van der Waals surface area (Å²) in [7, 11) is 1.60. The first-order valence-corrected chi connectivity index (χ1v) is 16.0. The maximum atomic E-state index is 13.3. The van der Waals surface area contributed by atoms with Crippen LogP contribution in [-0.2, 0) is 22.4 Å². The molecule has 248 valence electrons. The van der Waals surface area contributed by atoms with Gasteiger partial charge >= 0.3 is 5.97 Å². The highest BCUT2D eigenvalue weighted by molar-refractivity contribution is 5.93. The topological polar surface area (TPSA) is 146 Å². The maximum absolute atomic E-state index is 13.3. The number of hydrogen-bond donors (Lipinski definition) is 2. The number of nitro groups is 1. The highest BCUT2D eigenvalue weighted by Crippen LogP contribution is 2.28. The molecular weight excluding hydrogens is 600 g/mol. The lowest BCUT2D eigenvalue weighted by Crippen LogP contribution is -2.30. The number of non-ortho nitro benzene ring substituents is 1. The summed E-state index contributed by atoms with van der Waals surface area (Å²) >= 11 is 0. The fourth-order valence-electron chi connectivity index (χ4n) is 4.94. The van der Waals surface area contributed by atoms with Crippen LogP contribution in [0.5, 0.6) is 11.5 Å². The van der Waals surface area contributed by atoms with Crippen molar-refractivity contribution in [3.8, 4) is 22.8 Å². The first-order valence-electron chi connectivity index (χ1n) is 16.0. The second-order valence-corrected chi connectivity index (χ2v) is 11.2. The Morgan fingerprint density at radius 3 is 2.49 bits per heavy atom. The van der Waals surface area contributed by atoms with E-state index >= 15 is 0 Å². The summed E-state index contributed by atoms with van der Waals surface area (Å²) in [6.07, 6.45) is 6.12. The molecule has 0 aliphatic rings. The minimum atomic E-state index is -0.546. The summed E-state index contributed by atoms with van der Waals surface area (Å²) in [5, 5.41) is 14.2. The van der Waals surface area contributed by atoms with E-state index in [1.54, 1.807) is 37.6 Å². The Balaban J connectivity index is 1.60. The molecule has 1 aromatic heterocycles. The molecule has 3 aromatic carbocycles. The smallest absolute Gasteiger partial charge is 0.341 e. The molecule has 11 heteroatoms. The van der Waals surface area contributed by atoms with Crippen molar-refractivity contribution in [1.29, 1.82) is 0 Å². The molecule has 0 bridgehead atoms. The van der Waals surface area contributed by atoms with Crippen molar-refractivity contribution in [3.05, 3.63) is 106 Å². The van der Waals surface area contributed by atoms with Gasteiger partial charge in [0, 0.05) is 30.5 Å². The molecule has 0 aliphatic carbocycles. The number of rotatable bonds is 18. The number of nitrogens with one attached hydrogen (secondary N) is 2. The fraction of sp³-hybridized carbons (Fsp3) is 0.361. The van der Waals surface area contributed by atoms with Crippen LogP contribution in [0.4, 0.5) is 5.69 Å². The number of carbonyl (C=O) groups excluding carboxylic acids is 2. The molecule has 1 heterocycles. The standard InChI is InChI=1S/C36H42N4O7/c1-4-6-19-46-33-17-14-27(22-30(33)36(42)47-20-7-5-2)31(39-35(41)18-11-25-9-8-10-29(21-25)45-3)23-34-37-24-32(38-34)26-12-15-28(16-13-26)40(43)44/h8-10,12-17,21-22,24,31H,4-7,11,18-20,23H2,1-3H3,(H,37,38)(H,39,41). The number of esters is 1. The van der Waals surface area contributed by atoms with Crippen molar-refractivity contribution < 1.29 is 28.7 Å².